The van der Waals surface area contributed by atoms with Crippen LogP contribution in [0, 0.1) is 0 Å². The molecule has 118 valence electrons. The summed E-state index contributed by atoms with van der Waals surface area (Å²) in [7, 11) is 1.54. The lowest BCUT2D eigenvalue weighted by Gasteiger charge is -2.26. The van der Waals surface area contributed by atoms with E-state index in [0.717, 1.165) is 0 Å². The minimum Gasteiger partial charge on any atom is -0.463 e. The first-order valence-corrected chi connectivity index (χ1v) is 6.58. The molecule has 0 aliphatic heterocycles. The Balaban J connectivity index is 4.18. The van der Waals surface area contributed by atoms with E-state index in [1.54, 1.807) is 4.90 Å². The molecule has 0 aromatic carbocycles. The van der Waals surface area contributed by atoms with Crippen LogP contribution < -0.4 is 0 Å². The number of nitrogens with zero attached hydrogens (tertiary/aromatic N) is 1. The van der Waals surface area contributed by atoms with Crippen LogP contribution in [-0.4, -0.2) is 74.1 Å². The van der Waals surface area contributed by atoms with Gasteiger partial charge in [-0.25, -0.2) is 0 Å². The number of hydrogen-bond acceptors (Lipinski definition) is 6. The van der Waals surface area contributed by atoms with Crippen molar-refractivity contribution in [1.82, 2.24) is 4.90 Å². The molecule has 2 atom stereocenters. The van der Waals surface area contributed by atoms with Crippen molar-refractivity contribution in [3.8, 4) is 0 Å². The Labute approximate surface area is 119 Å². The van der Waals surface area contributed by atoms with Gasteiger partial charge in [0.05, 0.1) is 19.3 Å². The first kappa shape index (κ1) is 18.8. The Bertz CT molecular complexity index is 297. The standard InChI is InChI=1S/C13H25NO6/c1-5-14(10(2)15)6-13(9-18-4)20-8-12(17)7-19-11(3)16/h12-13,17H,5-9H2,1-4H3. The zero-order valence-corrected chi connectivity index (χ0v) is 12.6. The number of likely N-dealkylation sites (N-methyl/N-ethyl adjacent to an activating group) is 1. The molecular formula is C13H25NO6. The molecule has 0 rings (SSSR count). The Hall–Kier alpha value is -1.18. The first-order chi connectivity index (χ1) is 9.40. The van der Waals surface area contributed by atoms with Crippen LogP contribution in [0.5, 0.6) is 0 Å². The third-order valence-electron chi connectivity index (χ3n) is 2.61. The zero-order valence-electron chi connectivity index (χ0n) is 12.6. The van der Waals surface area contributed by atoms with Gasteiger partial charge in [0.25, 0.3) is 0 Å². The summed E-state index contributed by atoms with van der Waals surface area (Å²) < 4.78 is 15.2. The number of methoxy groups -OCH3 is 1. The summed E-state index contributed by atoms with van der Waals surface area (Å²) in [5, 5.41) is 9.59. The average Bonchev–Trinajstić information content (AvgIpc) is 2.38. The van der Waals surface area contributed by atoms with Gasteiger partial charge in [-0.05, 0) is 6.92 Å². The quantitative estimate of drug-likeness (QED) is 0.562. The van der Waals surface area contributed by atoms with Crippen LogP contribution in [0.1, 0.15) is 20.8 Å². The van der Waals surface area contributed by atoms with Gasteiger partial charge in [0.15, 0.2) is 0 Å². The molecule has 0 aromatic rings. The van der Waals surface area contributed by atoms with Crippen LogP contribution in [-0.2, 0) is 23.8 Å². The lowest BCUT2D eigenvalue weighted by molar-refractivity contribution is -0.146. The highest BCUT2D eigenvalue weighted by Crippen LogP contribution is 2.01. The zero-order chi connectivity index (χ0) is 15.5. The van der Waals surface area contributed by atoms with Gasteiger partial charge in [-0.1, -0.05) is 0 Å². The summed E-state index contributed by atoms with van der Waals surface area (Å²) in [6.07, 6.45) is -1.23. The van der Waals surface area contributed by atoms with Gasteiger partial charge in [-0.15, -0.1) is 0 Å². The molecule has 0 saturated heterocycles. The van der Waals surface area contributed by atoms with Gasteiger partial charge >= 0.3 is 5.97 Å². The molecule has 7 nitrogen and oxygen atoms in total. The largest absolute Gasteiger partial charge is 0.463 e. The van der Waals surface area contributed by atoms with Crippen molar-refractivity contribution in [3.05, 3.63) is 0 Å². The second-order valence-electron chi connectivity index (χ2n) is 4.42. The lowest BCUT2D eigenvalue weighted by atomic mass is 10.3. The van der Waals surface area contributed by atoms with Crippen LogP contribution in [0.2, 0.25) is 0 Å². The number of ether oxygens (including phenoxy) is 3. The Morgan fingerprint density at radius 1 is 1.20 bits per heavy atom. The number of esters is 1. The monoisotopic (exact) mass is 291 g/mol. The molecule has 1 amide bonds. The number of aliphatic hydroxyl groups is 1. The minimum atomic E-state index is -0.898. The van der Waals surface area contributed by atoms with Crippen molar-refractivity contribution < 1.29 is 28.9 Å². The van der Waals surface area contributed by atoms with E-state index in [4.69, 9.17) is 9.47 Å². The molecule has 0 radical (unpaired) electrons. The van der Waals surface area contributed by atoms with Crippen LogP contribution in [0.4, 0.5) is 0 Å². The average molecular weight is 291 g/mol. The molecule has 0 saturated carbocycles. The van der Waals surface area contributed by atoms with Crippen molar-refractivity contribution in [2.45, 2.75) is 33.0 Å². The van der Waals surface area contributed by atoms with Gasteiger partial charge in [0, 0.05) is 34.0 Å². The molecule has 0 fully saturated rings. The highest BCUT2D eigenvalue weighted by molar-refractivity contribution is 5.73. The van der Waals surface area contributed by atoms with Crippen molar-refractivity contribution in [3.63, 3.8) is 0 Å². The maximum absolute atomic E-state index is 11.4. The van der Waals surface area contributed by atoms with Gasteiger partial charge in [-0.2, -0.15) is 0 Å². The smallest absolute Gasteiger partial charge is 0.302 e. The number of hydrogen-bond donors (Lipinski definition) is 1. The number of rotatable bonds is 10. The number of aliphatic hydroxyl groups excluding tert-OH is 1. The summed E-state index contributed by atoms with van der Waals surface area (Å²) in [5.74, 6) is -0.496. The number of amides is 1. The van der Waals surface area contributed by atoms with E-state index in [-0.39, 0.29) is 25.2 Å². The topological polar surface area (TPSA) is 85.3 Å². The Kier molecular flexibility index (Phi) is 9.96. The second-order valence-corrected chi connectivity index (χ2v) is 4.42. The van der Waals surface area contributed by atoms with Crippen LogP contribution in [0.25, 0.3) is 0 Å². The van der Waals surface area contributed by atoms with E-state index in [1.807, 2.05) is 6.92 Å². The van der Waals surface area contributed by atoms with Crippen molar-refractivity contribution in [2.24, 2.45) is 0 Å². The molecular weight excluding hydrogens is 266 g/mol. The number of carbonyl (C=O) groups excluding carboxylic acids is 2. The molecule has 1 N–H and O–H groups in total. The molecule has 0 spiro atoms. The van der Waals surface area contributed by atoms with Crippen LogP contribution >= 0.6 is 0 Å². The molecule has 7 heteroatoms. The van der Waals surface area contributed by atoms with Gasteiger partial charge in [-0.3, -0.25) is 9.59 Å². The van der Waals surface area contributed by atoms with Gasteiger partial charge in [0.2, 0.25) is 5.91 Å². The summed E-state index contributed by atoms with van der Waals surface area (Å²) in [5.41, 5.74) is 0. The molecule has 0 heterocycles. The molecule has 0 aliphatic rings. The van der Waals surface area contributed by atoms with Gasteiger partial charge < -0.3 is 24.2 Å². The predicted octanol–water partition coefficient (Wildman–Crippen LogP) is -0.190. The van der Waals surface area contributed by atoms with Crippen LogP contribution in [0.15, 0.2) is 0 Å². The summed E-state index contributed by atoms with van der Waals surface area (Å²) in [6, 6.07) is 0. The molecule has 0 aliphatic carbocycles. The third kappa shape index (κ3) is 8.84. The summed E-state index contributed by atoms with van der Waals surface area (Å²) in [6.45, 7) is 5.81. The summed E-state index contributed by atoms with van der Waals surface area (Å²) in [4.78, 5) is 23.6. The fourth-order valence-corrected chi connectivity index (χ4v) is 1.57. The fraction of sp³-hybridized carbons (Fsp3) is 0.846. The van der Waals surface area contributed by atoms with Crippen molar-refractivity contribution in [2.75, 3.05) is 40.0 Å². The predicted molar refractivity (Wildman–Crippen MR) is 72.2 cm³/mol. The van der Waals surface area contributed by atoms with E-state index in [9.17, 15) is 14.7 Å². The van der Waals surface area contributed by atoms with E-state index in [1.165, 1.54) is 21.0 Å². The highest BCUT2D eigenvalue weighted by atomic mass is 16.6. The van der Waals surface area contributed by atoms with Gasteiger partial charge in [0.1, 0.15) is 12.7 Å². The van der Waals surface area contributed by atoms with Crippen LogP contribution in [0.3, 0.4) is 0 Å². The molecule has 20 heavy (non-hydrogen) atoms. The van der Waals surface area contributed by atoms with E-state index >= 15 is 0 Å². The first-order valence-electron chi connectivity index (χ1n) is 6.58. The second kappa shape index (κ2) is 10.6. The molecule has 2 unspecified atom stereocenters. The lowest BCUT2D eigenvalue weighted by Crippen LogP contribution is -2.40. The highest BCUT2D eigenvalue weighted by Gasteiger charge is 2.17. The maximum atomic E-state index is 11.4. The van der Waals surface area contributed by atoms with Crippen molar-refractivity contribution in [1.29, 1.82) is 0 Å². The van der Waals surface area contributed by atoms with E-state index in [2.05, 4.69) is 4.74 Å². The normalized spacial score (nSPS) is 13.7. The number of carbonyl (C=O) groups is 2. The Morgan fingerprint density at radius 3 is 2.30 bits per heavy atom. The van der Waals surface area contributed by atoms with Crippen molar-refractivity contribution >= 4 is 11.9 Å². The third-order valence-corrected chi connectivity index (χ3v) is 2.61. The van der Waals surface area contributed by atoms with E-state index < -0.39 is 12.1 Å². The SMILES string of the molecule is CCN(CC(COC)OCC(O)COC(C)=O)C(C)=O. The fourth-order valence-electron chi connectivity index (χ4n) is 1.57. The molecule has 0 aromatic heterocycles. The minimum absolute atomic E-state index is 0.0107. The van der Waals surface area contributed by atoms with E-state index in [0.29, 0.717) is 19.7 Å². The Morgan fingerprint density at radius 2 is 1.85 bits per heavy atom. The summed E-state index contributed by atoms with van der Waals surface area (Å²) >= 11 is 0. The maximum Gasteiger partial charge on any atom is 0.302 e. The molecule has 0 bridgehead atoms.